The van der Waals surface area contributed by atoms with Crippen molar-refractivity contribution in [2.45, 2.75) is 25.7 Å². The quantitative estimate of drug-likeness (QED) is 0.465. The lowest BCUT2D eigenvalue weighted by Gasteiger charge is -2.36. The Morgan fingerprint density at radius 1 is 1.40 bits per heavy atom. The molecule has 52 valence electrons. The molecule has 0 unspecified atom stereocenters. The van der Waals surface area contributed by atoms with Gasteiger partial charge in [-0.15, -0.1) is 0 Å². The van der Waals surface area contributed by atoms with Gasteiger partial charge in [0.05, 0.1) is 11.5 Å². The van der Waals surface area contributed by atoms with Gasteiger partial charge in [0.1, 0.15) is 0 Å². The SMILES string of the molecule is N#CC12C=CC(CC1)CC2. The van der Waals surface area contributed by atoms with E-state index in [0.29, 0.717) is 0 Å². The molecular weight excluding hydrogens is 122 g/mol. The molecular formula is C9H11N. The minimum absolute atomic E-state index is 0.0469. The summed E-state index contributed by atoms with van der Waals surface area (Å²) in [7, 11) is 0. The van der Waals surface area contributed by atoms with Gasteiger partial charge in [-0.1, -0.05) is 12.2 Å². The van der Waals surface area contributed by atoms with Crippen LogP contribution in [0.1, 0.15) is 25.7 Å². The number of hydrogen-bond acceptors (Lipinski definition) is 1. The summed E-state index contributed by atoms with van der Waals surface area (Å²) in [6, 6.07) is 2.42. The summed E-state index contributed by atoms with van der Waals surface area (Å²) in [5.41, 5.74) is -0.0469. The third kappa shape index (κ3) is 0.686. The maximum Gasteiger partial charge on any atom is 0.0754 e. The van der Waals surface area contributed by atoms with Crippen LogP contribution in [0.25, 0.3) is 0 Å². The first-order valence-electron chi connectivity index (χ1n) is 3.95. The van der Waals surface area contributed by atoms with Crippen LogP contribution >= 0.6 is 0 Å². The zero-order valence-corrected chi connectivity index (χ0v) is 6.01. The molecule has 0 saturated heterocycles. The van der Waals surface area contributed by atoms with Crippen LogP contribution in [0.2, 0.25) is 0 Å². The van der Waals surface area contributed by atoms with E-state index in [-0.39, 0.29) is 5.41 Å². The van der Waals surface area contributed by atoms with Crippen LogP contribution in [-0.4, -0.2) is 0 Å². The molecule has 2 bridgehead atoms. The van der Waals surface area contributed by atoms with Crippen LogP contribution in [0.3, 0.4) is 0 Å². The first-order valence-corrected chi connectivity index (χ1v) is 3.95. The highest BCUT2D eigenvalue weighted by Crippen LogP contribution is 2.44. The normalized spacial score (nSPS) is 43.3. The first-order chi connectivity index (χ1) is 4.85. The van der Waals surface area contributed by atoms with E-state index in [4.69, 9.17) is 5.26 Å². The number of nitrogens with zero attached hydrogens (tertiary/aromatic N) is 1. The Bertz CT molecular complexity index is 201. The molecule has 1 nitrogen and oxygen atoms in total. The first kappa shape index (κ1) is 5.97. The molecule has 0 N–H and O–H groups in total. The van der Waals surface area contributed by atoms with Crippen LogP contribution in [0.4, 0.5) is 0 Å². The monoisotopic (exact) mass is 133 g/mol. The van der Waals surface area contributed by atoms with Crippen molar-refractivity contribution >= 4 is 0 Å². The fourth-order valence-corrected chi connectivity index (χ4v) is 1.98. The van der Waals surface area contributed by atoms with E-state index in [0.717, 1.165) is 18.8 Å². The van der Waals surface area contributed by atoms with Gasteiger partial charge in [0.15, 0.2) is 0 Å². The second-order valence-corrected chi connectivity index (χ2v) is 3.46. The van der Waals surface area contributed by atoms with Crippen LogP contribution in [0, 0.1) is 22.7 Å². The fraction of sp³-hybridized carbons (Fsp3) is 0.667. The van der Waals surface area contributed by atoms with Gasteiger partial charge in [0.25, 0.3) is 0 Å². The van der Waals surface area contributed by atoms with Crippen molar-refractivity contribution < 1.29 is 0 Å². The Hall–Kier alpha value is -0.770. The average Bonchev–Trinajstić information content (AvgIpc) is 2.08. The molecule has 0 radical (unpaired) electrons. The maximum atomic E-state index is 8.86. The standard InChI is InChI=1S/C9H11N/c10-7-9-4-1-8(2-5-9)3-6-9/h1,4,8H,2-3,5-6H2. The molecule has 0 atom stereocenters. The smallest absolute Gasteiger partial charge is 0.0754 e. The van der Waals surface area contributed by atoms with Crippen molar-refractivity contribution in [1.82, 2.24) is 0 Å². The van der Waals surface area contributed by atoms with E-state index in [1.807, 2.05) is 0 Å². The van der Waals surface area contributed by atoms with Crippen LogP contribution < -0.4 is 0 Å². The van der Waals surface area contributed by atoms with Crippen molar-refractivity contribution in [3.63, 3.8) is 0 Å². The lowest BCUT2D eigenvalue weighted by molar-refractivity contribution is 0.263. The van der Waals surface area contributed by atoms with Gasteiger partial charge in [-0.2, -0.15) is 5.26 Å². The topological polar surface area (TPSA) is 23.8 Å². The van der Waals surface area contributed by atoms with E-state index in [2.05, 4.69) is 18.2 Å². The van der Waals surface area contributed by atoms with Gasteiger partial charge in [0, 0.05) is 0 Å². The van der Waals surface area contributed by atoms with Gasteiger partial charge in [0.2, 0.25) is 0 Å². The lowest BCUT2D eigenvalue weighted by atomic mass is 9.66. The zero-order chi connectivity index (χ0) is 7.03. The Kier molecular flexibility index (Phi) is 1.11. The highest BCUT2D eigenvalue weighted by atomic mass is 14.4. The average molecular weight is 133 g/mol. The summed E-state index contributed by atoms with van der Waals surface area (Å²) in [4.78, 5) is 0. The minimum Gasteiger partial charge on any atom is -0.197 e. The largest absolute Gasteiger partial charge is 0.197 e. The van der Waals surface area contributed by atoms with Crippen molar-refractivity contribution in [2.75, 3.05) is 0 Å². The number of hydrogen-bond donors (Lipinski definition) is 0. The van der Waals surface area contributed by atoms with Gasteiger partial charge >= 0.3 is 0 Å². The molecule has 0 aromatic rings. The summed E-state index contributed by atoms with van der Waals surface area (Å²) >= 11 is 0. The molecule has 1 heteroatoms. The predicted octanol–water partition coefficient (Wildman–Crippen LogP) is 2.26. The van der Waals surface area contributed by atoms with Crippen molar-refractivity contribution in [3.05, 3.63) is 12.2 Å². The Labute approximate surface area is 61.4 Å². The van der Waals surface area contributed by atoms with Gasteiger partial charge in [-0.3, -0.25) is 0 Å². The van der Waals surface area contributed by atoms with E-state index in [9.17, 15) is 0 Å². The van der Waals surface area contributed by atoms with E-state index < -0.39 is 0 Å². The molecule has 1 fully saturated rings. The Morgan fingerprint density at radius 3 is 2.40 bits per heavy atom. The summed E-state index contributed by atoms with van der Waals surface area (Å²) in [6.45, 7) is 0. The van der Waals surface area contributed by atoms with Crippen molar-refractivity contribution in [2.24, 2.45) is 11.3 Å². The minimum atomic E-state index is -0.0469. The lowest BCUT2D eigenvalue weighted by Crippen LogP contribution is -2.27. The van der Waals surface area contributed by atoms with Gasteiger partial charge < -0.3 is 0 Å². The van der Waals surface area contributed by atoms with Crippen LogP contribution in [-0.2, 0) is 0 Å². The summed E-state index contributed by atoms with van der Waals surface area (Å²) in [6.07, 6.45) is 9.05. The molecule has 10 heavy (non-hydrogen) atoms. The summed E-state index contributed by atoms with van der Waals surface area (Å²) < 4.78 is 0. The molecule has 0 spiro atoms. The predicted molar refractivity (Wildman–Crippen MR) is 39.1 cm³/mol. The Morgan fingerprint density at radius 2 is 2.10 bits per heavy atom. The maximum absolute atomic E-state index is 8.86. The van der Waals surface area contributed by atoms with Gasteiger partial charge in [-0.25, -0.2) is 0 Å². The van der Waals surface area contributed by atoms with E-state index >= 15 is 0 Å². The van der Waals surface area contributed by atoms with Crippen molar-refractivity contribution in [1.29, 1.82) is 5.26 Å². The number of fused-ring (bicyclic) bond motifs is 2. The van der Waals surface area contributed by atoms with Crippen LogP contribution in [0.5, 0.6) is 0 Å². The number of rotatable bonds is 0. The van der Waals surface area contributed by atoms with E-state index in [1.54, 1.807) is 0 Å². The third-order valence-electron chi connectivity index (χ3n) is 2.83. The number of nitriles is 1. The highest BCUT2D eigenvalue weighted by molar-refractivity contribution is 5.19. The molecule has 0 amide bonds. The molecule has 3 aliphatic carbocycles. The number of allylic oxidation sites excluding steroid dienone is 2. The summed E-state index contributed by atoms with van der Waals surface area (Å²) in [5, 5.41) is 8.86. The molecule has 0 heterocycles. The second kappa shape index (κ2) is 1.85. The molecule has 0 aromatic carbocycles. The van der Waals surface area contributed by atoms with Gasteiger partial charge in [-0.05, 0) is 31.6 Å². The summed E-state index contributed by atoms with van der Waals surface area (Å²) in [5.74, 6) is 0.801. The Balaban J connectivity index is 2.33. The third-order valence-corrected chi connectivity index (χ3v) is 2.83. The molecule has 0 aromatic heterocycles. The zero-order valence-electron chi connectivity index (χ0n) is 6.01. The fourth-order valence-electron chi connectivity index (χ4n) is 1.98. The van der Waals surface area contributed by atoms with E-state index in [1.165, 1.54) is 12.8 Å². The highest BCUT2D eigenvalue weighted by Gasteiger charge is 2.36. The molecule has 1 saturated carbocycles. The van der Waals surface area contributed by atoms with Crippen LogP contribution in [0.15, 0.2) is 12.2 Å². The molecule has 3 aliphatic rings. The van der Waals surface area contributed by atoms with Crippen molar-refractivity contribution in [3.8, 4) is 6.07 Å². The molecule has 3 rings (SSSR count). The second-order valence-electron chi connectivity index (χ2n) is 3.46. The molecule has 0 aliphatic heterocycles.